The summed E-state index contributed by atoms with van der Waals surface area (Å²) in [5.74, 6) is 0.749. The molecule has 0 radical (unpaired) electrons. The van der Waals surface area contributed by atoms with E-state index in [1.807, 2.05) is 24.3 Å². The van der Waals surface area contributed by atoms with Crippen LogP contribution >= 0.6 is 0 Å². The molecule has 5 heteroatoms. The van der Waals surface area contributed by atoms with Gasteiger partial charge in [0, 0.05) is 5.39 Å². The third-order valence-corrected chi connectivity index (χ3v) is 3.20. The molecule has 1 aliphatic rings. The summed E-state index contributed by atoms with van der Waals surface area (Å²) < 4.78 is 1.64. The van der Waals surface area contributed by atoms with Crippen molar-refractivity contribution in [3.8, 4) is 0 Å². The lowest BCUT2D eigenvalue weighted by Gasteiger charge is -2.02. The highest BCUT2D eigenvalue weighted by Gasteiger charge is 2.29. The van der Waals surface area contributed by atoms with Gasteiger partial charge in [-0.3, -0.25) is 10.3 Å². The summed E-state index contributed by atoms with van der Waals surface area (Å²) in [4.78, 5) is 20.7. The zero-order valence-electron chi connectivity index (χ0n) is 9.42. The highest BCUT2D eigenvalue weighted by atomic mass is 16.2. The van der Waals surface area contributed by atoms with Crippen LogP contribution in [-0.4, -0.2) is 22.4 Å². The number of pyridine rings is 1. The van der Waals surface area contributed by atoms with Gasteiger partial charge in [0.15, 0.2) is 12.1 Å². The van der Waals surface area contributed by atoms with Crippen molar-refractivity contribution >= 4 is 33.7 Å². The normalized spacial score (nSPS) is 13.9. The molecule has 3 heterocycles. The molecule has 0 fully saturated rings. The van der Waals surface area contributed by atoms with Gasteiger partial charge in [0.2, 0.25) is 0 Å². The third-order valence-electron chi connectivity index (χ3n) is 3.20. The summed E-state index contributed by atoms with van der Waals surface area (Å²) in [5.41, 5.74) is 2.44. The van der Waals surface area contributed by atoms with E-state index in [0.717, 1.165) is 27.8 Å². The largest absolute Gasteiger partial charge is 0.356 e. The number of fused-ring (bicyclic) bond motifs is 5. The first-order valence-electron chi connectivity index (χ1n) is 5.70. The van der Waals surface area contributed by atoms with Crippen LogP contribution in [0.1, 0.15) is 4.79 Å². The molecular weight excluding hydrogens is 228 g/mol. The quantitative estimate of drug-likeness (QED) is 0.470. The Morgan fingerprint density at radius 1 is 1.17 bits per heavy atom. The molecule has 0 unspecified atom stereocenters. The summed E-state index contributed by atoms with van der Waals surface area (Å²) in [5, 5.41) is 3.98. The first-order chi connectivity index (χ1) is 8.84. The molecule has 3 aromatic rings. The number of para-hydroxylation sites is 1. The van der Waals surface area contributed by atoms with Crippen LogP contribution in [0.2, 0.25) is 0 Å². The van der Waals surface area contributed by atoms with E-state index in [0.29, 0.717) is 6.54 Å². The number of nitrogens with zero attached hydrogens (tertiary/aromatic N) is 3. The van der Waals surface area contributed by atoms with Gasteiger partial charge < -0.3 is 0 Å². The number of hydrogen-bond acceptors (Lipinski definition) is 4. The number of hydrogen-bond donors (Lipinski definition) is 1. The molecule has 1 aliphatic heterocycles. The highest BCUT2D eigenvalue weighted by molar-refractivity contribution is 6.01. The first-order valence-corrected chi connectivity index (χ1v) is 5.70. The Kier molecular flexibility index (Phi) is 1.70. The van der Waals surface area contributed by atoms with Gasteiger partial charge in [-0.15, -0.1) is 0 Å². The maximum Gasteiger partial charge on any atom is 0.356 e. The molecule has 0 aliphatic carbocycles. The lowest BCUT2D eigenvalue weighted by atomic mass is 10.2. The molecule has 1 N–H and O–H groups in total. The average molecular weight is 237 g/mol. The summed E-state index contributed by atoms with van der Waals surface area (Å²) in [6.07, 6.45) is 3.40. The van der Waals surface area contributed by atoms with Gasteiger partial charge in [0.25, 0.3) is 0 Å². The number of carbonyl (C=O) groups is 1. The molecular formula is C13H9N4O+. The van der Waals surface area contributed by atoms with Crippen LogP contribution in [0.4, 0.5) is 5.82 Å². The SMILES string of the molecule is O=C1CNc2cnc3c4ccccc4ncc3[n+]21. The fraction of sp³-hybridized carbons (Fsp3) is 0.0769. The Hall–Kier alpha value is -2.56. The van der Waals surface area contributed by atoms with E-state index in [2.05, 4.69) is 15.3 Å². The van der Waals surface area contributed by atoms with Gasteiger partial charge in [0.1, 0.15) is 11.7 Å². The summed E-state index contributed by atoms with van der Waals surface area (Å²) >= 11 is 0. The van der Waals surface area contributed by atoms with Crippen molar-refractivity contribution in [2.45, 2.75) is 0 Å². The van der Waals surface area contributed by atoms with Crippen molar-refractivity contribution in [2.75, 3.05) is 11.9 Å². The molecule has 0 spiro atoms. The summed E-state index contributed by atoms with van der Waals surface area (Å²) in [6.45, 7) is 0.313. The van der Waals surface area contributed by atoms with Crippen molar-refractivity contribution in [1.29, 1.82) is 0 Å². The van der Waals surface area contributed by atoms with Crippen molar-refractivity contribution in [2.24, 2.45) is 0 Å². The van der Waals surface area contributed by atoms with E-state index in [1.165, 1.54) is 0 Å². The minimum Gasteiger partial charge on any atom is -0.261 e. The molecule has 0 atom stereocenters. The molecule has 0 saturated carbocycles. The Labute approximate surface area is 102 Å². The van der Waals surface area contributed by atoms with Crippen molar-refractivity contribution in [3.05, 3.63) is 36.7 Å². The summed E-state index contributed by atoms with van der Waals surface area (Å²) in [7, 11) is 0. The standard InChI is InChI=1S/C13H8N4O/c18-12-7-15-11-6-16-13-8-3-1-2-4-9(8)14-5-10(13)17(11)12/h1-6H,7H2/p+1. The second-order valence-electron chi connectivity index (χ2n) is 4.24. The monoisotopic (exact) mass is 237 g/mol. The first kappa shape index (κ1) is 9.47. The Morgan fingerprint density at radius 2 is 2.06 bits per heavy atom. The molecule has 18 heavy (non-hydrogen) atoms. The van der Waals surface area contributed by atoms with Crippen LogP contribution in [0.25, 0.3) is 21.9 Å². The number of anilines is 1. The topological polar surface area (TPSA) is 58.8 Å². The molecule has 0 saturated heterocycles. The van der Waals surface area contributed by atoms with E-state index >= 15 is 0 Å². The van der Waals surface area contributed by atoms with Gasteiger partial charge in [0.05, 0.1) is 11.7 Å². The molecule has 4 rings (SSSR count). The molecule has 86 valence electrons. The minimum absolute atomic E-state index is 0.0227. The number of benzene rings is 1. The zero-order chi connectivity index (χ0) is 12.1. The maximum absolute atomic E-state index is 11.9. The van der Waals surface area contributed by atoms with Crippen LogP contribution in [0, 0.1) is 0 Å². The van der Waals surface area contributed by atoms with Gasteiger partial charge in [-0.25, -0.2) is 9.78 Å². The van der Waals surface area contributed by atoms with Crippen molar-refractivity contribution < 1.29 is 9.36 Å². The molecule has 1 aromatic carbocycles. The van der Waals surface area contributed by atoms with Crippen LogP contribution in [0.5, 0.6) is 0 Å². The van der Waals surface area contributed by atoms with Gasteiger partial charge in [-0.05, 0) is 6.07 Å². The van der Waals surface area contributed by atoms with Crippen LogP contribution < -0.4 is 9.88 Å². The van der Waals surface area contributed by atoms with Crippen LogP contribution in [0.15, 0.2) is 36.7 Å². The number of nitrogens with one attached hydrogen (secondary N) is 1. The average Bonchev–Trinajstić information content (AvgIpc) is 2.80. The smallest absolute Gasteiger partial charge is 0.261 e. The minimum atomic E-state index is 0.0227. The molecule has 0 bridgehead atoms. The van der Waals surface area contributed by atoms with Crippen LogP contribution in [0.3, 0.4) is 0 Å². The lowest BCUT2D eigenvalue weighted by Crippen LogP contribution is -2.40. The Bertz CT molecular complexity index is 813. The zero-order valence-corrected chi connectivity index (χ0v) is 9.42. The Balaban J connectivity index is 2.23. The molecule has 0 amide bonds. The van der Waals surface area contributed by atoms with Gasteiger partial charge >= 0.3 is 11.7 Å². The van der Waals surface area contributed by atoms with Crippen molar-refractivity contribution in [1.82, 2.24) is 9.97 Å². The third kappa shape index (κ3) is 1.10. The van der Waals surface area contributed by atoms with Crippen LogP contribution in [-0.2, 0) is 0 Å². The van der Waals surface area contributed by atoms with E-state index in [4.69, 9.17) is 0 Å². The lowest BCUT2D eigenvalue weighted by molar-refractivity contribution is -0.523. The van der Waals surface area contributed by atoms with E-state index < -0.39 is 0 Å². The van der Waals surface area contributed by atoms with Gasteiger partial charge in [-0.1, -0.05) is 18.2 Å². The fourth-order valence-electron chi connectivity index (χ4n) is 2.37. The van der Waals surface area contributed by atoms with E-state index in [9.17, 15) is 4.79 Å². The predicted molar refractivity (Wildman–Crippen MR) is 66.4 cm³/mol. The predicted octanol–water partition coefficient (Wildman–Crippen LogP) is 1.14. The number of carbonyl (C=O) groups excluding carboxylic acids is 1. The summed E-state index contributed by atoms with van der Waals surface area (Å²) in [6, 6.07) is 7.80. The Morgan fingerprint density at radius 3 is 3.00 bits per heavy atom. The number of aromatic nitrogens is 3. The fourth-order valence-corrected chi connectivity index (χ4v) is 2.37. The molecule has 2 aromatic heterocycles. The number of rotatable bonds is 0. The maximum atomic E-state index is 11.9. The second-order valence-corrected chi connectivity index (χ2v) is 4.24. The van der Waals surface area contributed by atoms with E-state index in [-0.39, 0.29) is 5.91 Å². The second kappa shape index (κ2) is 3.22. The van der Waals surface area contributed by atoms with E-state index in [1.54, 1.807) is 17.0 Å². The van der Waals surface area contributed by atoms with Gasteiger partial charge in [-0.2, -0.15) is 4.57 Å². The van der Waals surface area contributed by atoms with Crippen molar-refractivity contribution in [3.63, 3.8) is 0 Å². The molecule has 5 nitrogen and oxygen atoms in total. The highest BCUT2D eigenvalue weighted by Crippen LogP contribution is 2.21.